The molecule has 0 saturated carbocycles. The normalized spacial score (nSPS) is 23.6. The second-order valence-electron chi connectivity index (χ2n) is 6.22. The first-order valence-corrected chi connectivity index (χ1v) is 7.63. The van der Waals surface area contributed by atoms with E-state index in [1.807, 2.05) is 0 Å². The Bertz CT molecular complexity index is 419. The number of methoxy groups -OCH3 is 1. The summed E-state index contributed by atoms with van der Waals surface area (Å²) in [4.78, 5) is 2.48. The quantitative estimate of drug-likeness (QED) is 0.864. The molecule has 3 heteroatoms. The Labute approximate surface area is 123 Å². The summed E-state index contributed by atoms with van der Waals surface area (Å²) in [5, 5.41) is 3.60. The summed E-state index contributed by atoms with van der Waals surface area (Å²) in [7, 11) is 3.99. The second kappa shape index (κ2) is 7.21. The summed E-state index contributed by atoms with van der Waals surface area (Å²) in [5.74, 6) is 0.695. The maximum Gasteiger partial charge on any atom is 0.0713 e. The largest absolute Gasteiger partial charge is 0.380 e. The molecule has 0 aliphatic carbocycles. The van der Waals surface area contributed by atoms with Crippen molar-refractivity contribution < 1.29 is 4.74 Å². The molecule has 0 aromatic heterocycles. The zero-order chi connectivity index (χ0) is 14.5. The van der Waals surface area contributed by atoms with Crippen molar-refractivity contribution in [3.05, 3.63) is 35.4 Å². The van der Waals surface area contributed by atoms with Crippen LogP contribution in [0.5, 0.6) is 0 Å². The molecule has 2 unspecified atom stereocenters. The Morgan fingerprint density at radius 2 is 2.20 bits per heavy atom. The third-order valence-corrected chi connectivity index (χ3v) is 4.17. The predicted octanol–water partition coefficient (Wildman–Crippen LogP) is 2.82. The van der Waals surface area contributed by atoms with Crippen LogP contribution in [0.2, 0.25) is 0 Å². The molecule has 0 radical (unpaired) electrons. The fraction of sp³-hybridized carbons (Fsp3) is 0.647. The van der Waals surface area contributed by atoms with E-state index >= 15 is 0 Å². The molecule has 1 aromatic rings. The summed E-state index contributed by atoms with van der Waals surface area (Å²) >= 11 is 0. The molecule has 112 valence electrons. The van der Waals surface area contributed by atoms with Gasteiger partial charge in [-0.2, -0.15) is 0 Å². The van der Waals surface area contributed by atoms with E-state index in [9.17, 15) is 0 Å². The minimum Gasteiger partial charge on any atom is -0.380 e. The van der Waals surface area contributed by atoms with Crippen LogP contribution < -0.4 is 5.32 Å². The van der Waals surface area contributed by atoms with Crippen LogP contribution in [-0.4, -0.2) is 38.2 Å². The van der Waals surface area contributed by atoms with Crippen molar-refractivity contribution in [1.82, 2.24) is 10.2 Å². The van der Waals surface area contributed by atoms with Crippen molar-refractivity contribution in [2.24, 2.45) is 5.92 Å². The fourth-order valence-electron chi connectivity index (χ4n) is 3.19. The summed E-state index contributed by atoms with van der Waals surface area (Å²) < 4.78 is 5.25. The molecular formula is C17H28N2O. The highest BCUT2D eigenvalue weighted by atomic mass is 16.5. The van der Waals surface area contributed by atoms with Gasteiger partial charge in [0.15, 0.2) is 0 Å². The van der Waals surface area contributed by atoms with Crippen molar-refractivity contribution in [2.75, 3.05) is 27.2 Å². The number of likely N-dealkylation sites (tertiary alicyclic amines) is 1. The van der Waals surface area contributed by atoms with Crippen LogP contribution >= 0.6 is 0 Å². The first kappa shape index (κ1) is 15.5. The van der Waals surface area contributed by atoms with E-state index in [0.717, 1.165) is 6.54 Å². The molecule has 1 N–H and O–H groups in total. The van der Waals surface area contributed by atoms with E-state index in [1.54, 1.807) is 7.11 Å². The number of nitrogens with zero attached hydrogens (tertiary/aromatic N) is 1. The molecule has 2 atom stereocenters. The van der Waals surface area contributed by atoms with Crippen LogP contribution in [0.3, 0.4) is 0 Å². The van der Waals surface area contributed by atoms with Gasteiger partial charge in [-0.3, -0.25) is 4.90 Å². The van der Waals surface area contributed by atoms with Crippen LogP contribution in [0.4, 0.5) is 0 Å². The highest BCUT2D eigenvalue weighted by Crippen LogP contribution is 2.36. The Hall–Kier alpha value is -0.900. The van der Waals surface area contributed by atoms with E-state index in [2.05, 4.69) is 55.4 Å². The number of benzene rings is 1. The molecule has 20 heavy (non-hydrogen) atoms. The Morgan fingerprint density at radius 3 is 2.90 bits per heavy atom. The van der Waals surface area contributed by atoms with Gasteiger partial charge in [-0.1, -0.05) is 38.1 Å². The molecule has 0 bridgehead atoms. The van der Waals surface area contributed by atoms with Crippen LogP contribution in [0.1, 0.15) is 37.4 Å². The van der Waals surface area contributed by atoms with Crippen molar-refractivity contribution in [2.45, 2.75) is 39.0 Å². The minimum atomic E-state index is 0.526. The molecule has 3 nitrogen and oxygen atoms in total. The average molecular weight is 276 g/mol. The first-order valence-electron chi connectivity index (χ1n) is 7.63. The van der Waals surface area contributed by atoms with Crippen LogP contribution in [-0.2, 0) is 11.3 Å². The van der Waals surface area contributed by atoms with Crippen molar-refractivity contribution in [3.8, 4) is 0 Å². The molecule has 1 aliphatic rings. The molecule has 1 aromatic carbocycles. The number of hydrogen-bond donors (Lipinski definition) is 1. The number of hydrogen-bond acceptors (Lipinski definition) is 3. The van der Waals surface area contributed by atoms with Gasteiger partial charge in [-0.25, -0.2) is 0 Å². The van der Waals surface area contributed by atoms with Gasteiger partial charge < -0.3 is 10.1 Å². The molecule has 0 spiro atoms. The summed E-state index contributed by atoms with van der Waals surface area (Å²) in [6.45, 7) is 7.41. The van der Waals surface area contributed by atoms with Crippen molar-refractivity contribution >= 4 is 0 Å². The zero-order valence-electron chi connectivity index (χ0n) is 13.2. The monoisotopic (exact) mass is 276 g/mol. The standard InChI is InChI=1S/C17H28N2O/c1-13(2)18-11-16-8-9-19(3)17(16)15-7-5-6-14(10-15)12-20-4/h5-7,10,13,16-18H,8-9,11-12H2,1-4H3. The highest BCUT2D eigenvalue weighted by Gasteiger charge is 2.32. The molecule has 0 amide bonds. The molecule has 1 fully saturated rings. The minimum absolute atomic E-state index is 0.526. The van der Waals surface area contributed by atoms with Crippen LogP contribution in [0, 0.1) is 5.92 Å². The van der Waals surface area contributed by atoms with Crippen LogP contribution in [0.25, 0.3) is 0 Å². The molecule has 1 aliphatic heterocycles. The molecule has 1 saturated heterocycles. The molecule has 2 rings (SSSR count). The average Bonchev–Trinajstić information content (AvgIpc) is 2.78. The topological polar surface area (TPSA) is 24.5 Å². The van der Waals surface area contributed by atoms with Crippen molar-refractivity contribution in [3.63, 3.8) is 0 Å². The Kier molecular flexibility index (Phi) is 5.58. The van der Waals surface area contributed by atoms with E-state index in [4.69, 9.17) is 4.74 Å². The SMILES string of the molecule is COCc1cccc(C2C(CNC(C)C)CCN2C)c1. The Balaban J connectivity index is 2.12. The van der Waals surface area contributed by atoms with Crippen molar-refractivity contribution in [1.29, 1.82) is 0 Å². The summed E-state index contributed by atoms with van der Waals surface area (Å²) in [6, 6.07) is 9.94. The summed E-state index contributed by atoms with van der Waals surface area (Å²) in [5.41, 5.74) is 2.69. The lowest BCUT2D eigenvalue weighted by atomic mass is 9.92. The van der Waals surface area contributed by atoms with Gasteiger partial charge in [0.25, 0.3) is 0 Å². The third kappa shape index (κ3) is 3.81. The summed E-state index contributed by atoms with van der Waals surface area (Å²) in [6.07, 6.45) is 1.27. The van der Waals surface area contributed by atoms with Gasteiger partial charge in [0.05, 0.1) is 6.61 Å². The number of nitrogens with one attached hydrogen (secondary N) is 1. The number of ether oxygens (including phenoxy) is 1. The van der Waals surface area contributed by atoms with Gasteiger partial charge in [-0.05, 0) is 37.1 Å². The lowest BCUT2D eigenvalue weighted by molar-refractivity contribution is 0.184. The maximum atomic E-state index is 5.25. The Morgan fingerprint density at radius 1 is 1.40 bits per heavy atom. The predicted molar refractivity (Wildman–Crippen MR) is 83.8 cm³/mol. The van der Waals surface area contributed by atoms with Gasteiger partial charge >= 0.3 is 0 Å². The van der Waals surface area contributed by atoms with Gasteiger partial charge in [0, 0.05) is 25.7 Å². The molecular weight excluding hydrogens is 248 g/mol. The lowest BCUT2D eigenvalue weighted by Crippen LogP contribution is -2.32. The van der Waals surface area contributed by atoms with E-state index in [1.165, 1.54) is 24.1 Å². The second-order valence-corrected chi connectivity index (χ2v) is 6.22. The third-order valence-electron chi connectivity index (χ3n) is 4.17. The van der Waals surface area contributed by atoms with E-state index in [-0.39, 0.29) is 0 Å². The van der Waals surface area contributed by atoms with E-state index < -0.39 is 0 Å². The number of rotatable bonds is 6. The highest BCUT2D eigenvalue weighted by molar-refractivity contribution is 5.27. The van der Waals surface area contributed by atoms with Gasteiger partial charge in [-0.15, -0.1) is 0 Å². The fourth-order valence-corrected chi connectivity index (χ4v) is 3.19. The van der Waals surface area contributed by atoms with Crippen LogP contribution in [0.15, 0.2) is 24.3 Å². The lowest BCUT2D eigenvalue weighted by Gasteiger charge is -2.27. The first-order chi connectivity index (χ1) is 9.61. The van der Waals surface area contributed by atoms with Gasteiger partial charge in [0.1, 0.15) is 0 Å². The zero-order valence-corrected chi connectivity index (χ0v) is 13.2. The smallest absolute Gasteiger partial charge is 0.0713 e. The molecule has 1 heterocycles. The van der Waals surface area contributed by atoms with Gasteiger partial charge in [0.2, 0.25) is 0 Å². The maximum absolute atomic E-state index is 5.25. The van der Waals surface area contributed by atoms with E-state index in [0.29, 0.717) is 24.6 Å².